The van der Waals surface area contributed by atoms with E-state index < -0.39 is 0 Å². The molecule has 2 aliphatic rings. The molecule has 3 rings (SSSR count). The highest BCUT2D eigenvalue weighted by molar-refractivity contribution is 6.32. The Morgan fingerprint density at radius 3 is 2.75 bits per heavy atom. The van der Waals surface area contributed by atoms with Crippen molar-refractivity contribution in [3.05, 3.63) is 28.8 Å². The molecule has 1 aromatic carbocycles. The van der Waals surface area contributed by atoms with E-state index in [0.29, 0.717) is 6.04 Å². The molecule has 0 saturated heterocycles. The molecule has 2 fully saturated rings. The van der Waals surface area contributed by atoms with Gasteiger partial charge in [-0.1, -0.05) is 31.0 Å². The topological polar surface area (TPSA) is 21.3 Å². The number of rotatable bonds is 5. The van der Waals surface area contributed by atoms with Gasteiger partial charge in [0.1, 0.15) is 5.75 Å². The lowest BCUT2D eigenvalue weighted by molar-refractivity contribution is 0.253. The minimum atomic E-state index is 0.443. The third-order valence-electron chi connectivity index (χ3n) is 5.18. The van der Waals surface area contributed by atoms with Crippen LogP contribution in [0, 0.1) is 17.8 Å². The summed E-state index contributed by atoms with van der Waals surface area (Å²) in [7, 11) is 1.67. The van der Waals surface area contributed by atoms with Crippen LogP contribution in [0.5, 0.6) is 5.75 Å². The zero-order valence-corrected chi connectivity index (χ0v) is 13.1. The molecular weight excluding hydrogens is 270 g/mol. The molecule has 4 atom stereocenters. The fourth-order valence-electron chi connectivity index (χ4n) is 4.31. The summed E-state index contributed by atoms with van der Waals surface area (Å²) < 4.78 is 5.26. The van der Waals surface area contributed by atoms with Crippen LogP contribution in [0.1, 0.15) is 44.2 Å². The van der Waals surface area contributed by atoms with Gasteiger partial charge in [0.15, 0.2) is 0 Å². The lowest BCUT2D eigenvalue weighted by Gasteiger charge is -2.31. The molecule has 2 bridgehead atoms. The third kappa shape index (κ3) is 2.56. The van der Waals surface area contributed by atoms with Crippen LogP contribution in [-0.4, -0.2) is 13.7 Å². The molecular formula is C17H24ClNO. The lowest BCUT2D eigenvalue weighted by atomic mass is 9.80. The summed E-state index contributed by atoms with van der Waals surface area (Å²) >= 11 is 6.31. The number of fused-ring (bicyclic) bond motifs is 2. The van der Waals surface area contributed by atoms with Gasteiger partial charge in [0.2, 0.25) is 0 Å². The highest BCUT2D eigenvalue weighted by Crippen LogP contribution is 2.52. The normalized spacial score (nSPS) is 29.6. The van der Waals surface area contributed by atoms with E-state index in [2.05, 4.69) is 24.4 Å². The monoisotopic (exact) mass is 293 g/mol. The quantitative estimate of drug-likeness (QED) is 0.867. The van der Waals surface area contributed by atoms with Crippen molar-refractivity contribution in [2.75, 3.05) is 13.7 Å². The van der Waals surface area contributed by atoms with Crippen LogP contribution in [0.2, 0.25) is 5.02 Å². The van der Waals surface area contributed by atoms with Crippen LogP contribution in [-0.2, 0) is 0 Å². The average molecular weight is 294 g/mol. The maximum absolute atomic E-state index is 6.31. The van der Waals surface area contributed by atoms with E-state index in [1.54, 1.807) is 7.11 Å². The zero-order valence-electron chi connectivity index (χ0n) is 12.4. The van der Waals surface area contributed by atoms with Gasteiger partial charge in [-0.15, -0.1) is 0 Å². The molecule has 1 aromatic rings. The maximum Gasteiger partial charge on any atom is 0.137 e. The average Bonchev–Trinajstić information content (AvgIpc) is 3.07. The summed E-state index contributed by atoms with van der Waals surface area (Å²) in [4.78, 5) is 0. The fraction of sp³-hybridized carbons (Fsp3) is 0.647. The van der Waals surface area contributed by atoms with E-state index in [1.165, 1.54) is 31.2 Å². The number of ether oxygens (including phenoxy) is 1. The smallest absolute Gasteiger partial charge is 0.137 e. The van der Waals surface area contributed by atoms with Crippen LogP contribution in [0.4, 0.5) is 0 Å². The highest BCUT2D eigenvalue weighted by Gasteiger charge is 2.43. The van der Waals surface area contributed by atoms with Gasteiger partial charge >= 0.3 is 0 Å². The Labute approximate surface area is 126 Å². The summed E-state index contributed by atoms with van der Waals surface area (Å²) in [5.41, 5.74) is 1.32. The molecule has 2 aliphatic carbocycles. The molecule has 0 spiro atoms. The predicted octanol–water partition coefficient (Wildman–Crippen LogP) is 4.44. The first-order valence-electron chi connectivity index (χ1n) is 7.79. The van der Waals surface area contributed by atoms with E-state index in [1.807, 2.05) is 6.07 Å². The summed E-state index contributed by atoms with van der Waals surface area (Å²) in [6, 6.07) is 6.69. The first kappa shape index (κ1) is 14.2. The van der Waals surface area contributed by atoms with E-state index >= 15 is 0 Å². The van der Waals surface area contributed by atoms with Crippen molar-refractivity contribution in [1.82, 2.24) is 5.32 Å². The van der Waals surface area contributed by atoms with Crippen molar-refractivity contribution in [2.24, 2.45) is 17.8 Å². The van der Waals surface area contributed by atoms with Crippen molar-refractivity contribution in [3.8, 4) is 5.75 Å². The molecule has 2 nitrogen and oxygen atoms in total. The predicted molar refractivity (Wildman–Crippen MR) is 83.4 cm³/mol. The van der Waals surface area contributed by atoms with Gasteiger partial charge in [-0.3, -0.25) is 0 Å². The SMILES string of the molecule is CCNC(c1ccc(OC)c(Cl)c1)C1CC2CCC1C2. The van der Waals surface area contributed by atoms with Crippen molar-refractivity contribution in [1.29, 1.82) is 0 Å². The molecule has 0 aromatic heterocycles. The molecule has 20 heavy (non-hydrogen) atoms. The molecule has 0 radical (unpaired) electrons. The summed E-state index contributed by atoms with van der Waals surface area (Å²) in [6.07, 6.45) is 5.69. The Morgan fingerprint density at radius 2 is 2.20 bits per heavy atom. The molecule has 0 heterocycles. The van der Waals surface area contributed by atoms with E-state index in [-0.39, 0.29) is 0 Å². The Bertz CT molecular complexity index is 476. The second kappa shape index (κ2) is 5.95. The number of benzene rings is 1. The molecule has 0 amide bonds. The van der Waals surface area contributed by atoms with E-state index in [9.17, 15) is 0 Å². The molecule has 110 valence electrons. The van der Waals surface area contributed by atoms with Crippen LogP contribution in [0.25, 0.3) is 0 Å². The highest BCUT2D eigenvalue weighted by atomic mass is 35.5. The number of hydrogen-bond donors (Lipinski definition) is 1. The first-order chi connectivity index (χ1) is 9.72. The van der Waals surface area contributed by atoms with E-state index in [0.717, 1.165) is 35.1 Å². The van der Waals surface area contributed by atoms with Crippen LogP contribution >= 0.6 is 11.6 Å². The molecule has 4 unspecified atom stereocenters. The molecule has 3 heteroatoms. The van der Waals surface area contributed by atoms with Crippen LogP contribution < -0.4 is 10.1 Å². The zero-order chi connectivity index (χ0) is 14.1. The van der Waals surface area contributed by atoms with Gasteiger partial charge in [-0.2, -0.15) is 0 Å². The van der Waals surface area contributed by atoms with Gasteiger partial charge < -0.3 is 10.1 Å². The number of methoxy groups -OCH3 is 1. The summed E-state index contributed by atoms with van der Waals surface area (Å²) in [5, 5.41) is 4.41. The van der Waals surface area contributed by atoms with Gasteiger partial charge in [0.25, 0.3) is 0 Å². The van der Waals surface area contributed by atoms with Crippen molar-refractivity contribution >= 4 is 11.6 Å². The maximum atomic E-state index is 6.31. The van der Waals surface area contributed by atoms with E-state index in [4.69, 9.17) is 16.3 Å². The van der Waals surface area contributed by atoms with Crippen molar-refractivity contribution in [2.45, 2.75) is 38.6 Å². The minimum Gasteiger partial charge on any atom is -0.495 e. The lowest BCUT2D eigenvalue weighted by Crippen LogP contribution is -2.31. The second-order valence-electron chi connectivity index (χ2n) is 6.27. The second-order valence-corrected chi connectivity index (χ2v) is 6.68. The summed E-state index contributed by atoms with van der Waals surface area (Å²) in [5.74, 6) is 3.42. The Kier molecular flexibility index (Phi) is 4.23. The van der Waals surface area contributed by atoms with Crippen molar-refractivity contribution in [3.63, 3.8) is 0 Å². The third-order valence-corrected chi connectivity index (χ3v) is 5.48. The standard InChI is InChI=1S/C17H24ClNO/c1-3-19-17(14-9-11-4-5-12(14)8-11)13-6-7-16(20-2)15(18)10-13/h6-7,10-12,14,17,19H,3-5,8-9H2,1-2H3. The van der Waals surface area contributed by atoms with Gasteiger partial charge in [-0.05, 0) is 61.3 Å². The minimum absolute atomic E-state index is 0.443. The van der Waals surface area contributed by atoms with Crippen LogP contribution in [0.3, 0.4) is 0 Å². The first-order valence-corrected chi connectivity index (χ1v) is 8.17. The molecule has 2 saturated carbocycles. The van der Waals surface area contributed by atoms with Gasteiger partial charge in [0.05, 0.1) is 12.1 Å². The number of hydrogen-bond acceptors (Lipinski definition) is 2. The van der Waals surface area contributed by atoms with Crippen LogP contribution in [0.15, 0.2) is 18.2 Å². The largest absolute Gasteiger partial charge is 0.495 e. The molecule has 0 aliphatic heterocycles. The number of nitrogens with one attached hydrogen (secondary N) is 1. The fourth-order valence-corrected chi connectivity index (χ4v) is 4.58. The Balaban J connectivity index is 1.85. The Hall–Kier alpha value is -0.730. The molecule has 1 N–H and O–H groups in total. The summed E-state index contributed by atoms with van der Waals surface area (Å²) in [6.45, 7) is 3.19. The van der Waals surface area contributed by atoms with Crippen molar-refractivity contribution < 1.29 is 4.74 Å². The van der Waals surface area contributed by atoms with Gasteiger partial charge in [0, 0.05) is 6.04 Å². The van der Waals surface area contributed by atoms with Gasteiger partial charge in [-0.25, -0.2) is 0 Å². The number of halogens is 1. The Morgan fingerprint density at radius 1 is 1.35 bits per heavy atom.